The monoisotopic (exact) mass is 385 g/mol. The van der Waals surface area contributed by atoms with E-state index in [0.29, 0.717) is 12.0 Å². The van der Waals surface area contributed by atoms with Crippen molar-refractivity contribution in [2.24, 2.45) is 5.92 Å². The van der Waals surface area contributed by atoms with Crippen molar-refractivity contribution in [1.82, 2.24) is 15.8 Å². The quantitative estimate of drug-likeness (QED) is 0.598. The van der Waals surface area contributed by atoms with Gasteiger partial charge >= 0.3 is 0 Å². The maximum atomic E-state index is 3.51. The highest BCUT2D eigenvalue weighted by molar-refractivity contribution is 5.25. The minimum Gasteiger partial charge on any atom is -0.298 e. The fourth-order valence-corrected chi connectivity index (χ4v) is 4.17. The van der Waals surface area contributed by atoms with Crippen LogP contribution in [-0.2, 0) is 13.0 Å². The van der Waals surface area contributed by atoms with E-state index in [4.69, 9.17) is 0 Å². The van der Waals surface area contributed by atoms with Gasteiger partial charge in [-0.05, 0) is 30.0 Å². The van der Waals surface area contributed by atoms with E-state index in [1.54, 1.807) is 0 Å². The zero-order chi connectivity index (χ0) is 19.9. The van der Waals surface area contributed by atoms with Gasteiger partial charge in [-0.15, -0.1) is 0 Å². The third-order valence-corrected chi connectivity index (χ3v) is 5.83. The Balaban J connectivity index is 1.46. The van der Waals surface area contributed by atoms with E-state index in [9.17, 15) is 0 Å². The first kappa shape index (κ1) is 19.8. The molecule has 2 unspecified atom stereocenters. The number of hydrazine groups is 1. The average Bonchev–Trinajstić information content (AvgIpc) is 3.22. The fourth-order valence-electron chi connectivity index (χ4n) is 4.17. The molecule has 0 aromatic heterocycles. The van der Waals surface area contributed by atoms with Gasteiger partial charge in [-0.3, -0.25) is 10.3 Å². The van der Waals surface area contributed by atoms with Crippen LogP contribution in [0.25, 0.3) is 0 Å². The topological polar surface area (TPSA) is 27.3 Å². The summed E-state index contributed by atoms with van der Waals surface area (Å²) in [6, 6.07) is 31.0. The summed E-state index contributed by atoms with van der Waals surface area (Å²) in [6.45, 7) is 6.27. The van der Waals surface area contributed by atoms with Crippen LogP contribution in [0.5, 0.6) is 0 Å². The van der Waals surface area contributed by atoms with Crippen LogP contribution < -0.4 is 10.9 Å². The first-order chi connectivity index (χ1) is 14.3. The second kappa shape index (κ2) is 9.84. The molecule has 1 fully saturated rings. The summed E-state index contributed by atoms with van der Waals surface area (Å²) in [5, 5.41) is 0. The number of aryl methyl sites for hydroxylation is 1. The van der Waals surface area contributed by atoms with Crippen LogP contribution in [-0.4, -0.2) is 24.5 Å². The molecule has 1 aliphatic heterocycles. The van der Waals surface area contributed by atoms with E-state index in [2.05, 4.69) is 108 Å². The second-order valence-electron chi connectivity index (χ2n) is 8.13. The molecule has 1 saturated heterocycles. The van der Waals surface area contributed by atoms with Crippen molar-refractivity contribution in [2.75, 3.05) is 19.6 Å². The van der Waals surface area contributed by atoms with Gasteiger partial charge in [0.25, 0.3) is 0 Å². The summed E-state index contributed by atoms with van der Waals surface area (Å²) in [6.07, 6.45) is 1.08. The van der Waals surface area contributed by atoms with Crippen LogP contribution in [0.3, 0.4) is 0 Å². The Morgan fingerprint density at radius 3 is 2.17 bits per heavy atom. The summed E-state index contributed by atoms with van der Waals surface area (Å²) in [5.74, 6) is 0.539. The molecule has 1 heterocycles. The maximum absolute atomic E-state index is 3.51. The van der Waals surface area contributed by atoms with Gasteiger partial charge in [-0.1, -0.05) is 90.5 Å². The highest BCUT2D eigenvalue weighted by Crippen LogP contribution is 2.26. The second-order valence-corrected chi connectivity index (χ2v) is 8.13. The van der Waals surface area contributed by atoms with Gasteiger partial charge in [0, 0.05) is 32.1 Å². The largest absolute Gasteiger partial charge is 0.298 e. The van der Waals surface area contributed by atoms with Gasteiger partial charge in [0.2, 0.25) is 0 Å². The van der Waals surface area contributed by atoms with Crippen molar-refractivity contribution < 1.29 is 0 Å². The summed E-state index contributed by atoms with van der Waals surface area (Å²) in [4.78, 5) is 2.61. The Hall–Kier alpha value is -2.46. The molecule has 3 nitrogen and oxygen atoms in total. The standard InChI is InChI=1S/C26H31N3/c1-21-12-14-24(15-13-21)26-25(18-27-28-26)20-29(19-23-10-6-3-7-11-23)17-16-22-8-4-2-5-9-22/h2-15,25-28H,16-20H2,1H3. The van der Waals surface area contributed by atoms with Gasteiger partial charge in [0.1, 0.15) is 0 Å². The molecule has 0 spiro atoms. The van der Waals surface area contributed by atoms with Crippen LogP contribution >= 0.6 is 0 Å². The maximum Gasteiger partial charge on any atom is 0.0515 e. The summed E-state index contributed by atoms with van der Waals surface area (Å²) < 4.78 is 0. The molecule has 2 atom stereocenters. The Bertz CT molecular complexity index is 861. The number of benzene rings is 3. The van der Waals surface area contributed by atoms with E-state index >= 15 is 0 Å². The fraction of sp³-hybridized carbons (Fsp3) is 0.308. The first-order valence-corrected chi connectivity index (χ1v) is 10.6. The van der Waals surface area contributed by atoms with Crippen LogP contribution in [0.15, 0.2) is 84.9 Å². The van der Waals surface area contributed by atoms with Gasteiger partial charge in [0.15, 0.2) is 0 Å². The molecule has 1 aliphatic rings. The van der Waals surface area contributed by atoms with Crippen LogP contribution in [0.4, 0.5) is 0 Å². The molecule has 2 N–H and O–H groups in total. The molecular weight excluding hydrogens is 354 g/mol. The molecule has 0 bridgehead atoms. The smallest absolute Gasteiger partial charge is 0.0515 e. The Labute approximate surface area is 174 Å². The lowest BCUT2D eigenvalue weighted by Gasteiger charge is -2.28. The zero-order valence-electron chi connectivity index (χ0n) is 17.2. The van der Waals surface area contributed by atoms with E-state index in [-0.39, 0.29) is 0 Å². The van der Waals surface area contributed by atoms with Crippen molar-refractivity contribution in [3.05, 3.63) is 107 Å². The minimum atomic E-state index is 0.352. The molecule has 0 saturated carbocycles. The van der Waals surface area contributed by atoms with E-state index in [0.717, 1.165) is 32.6 Å². The summed E-state index contributed by atoms with van der Waals surface area (Å²) >= 11 is 0. The number of nitrogens with zero attached hydrogens (tertiary/aromatic N) is 1. The van der Waals surface area contributed by atoms with Crippen molar-refractivity contribution in [3.63, 3.8) is 0 Å². The van der Waals surface area contributed by atoms with Gasteiger partial charge in [-0.2, -0.15) is 0 Å². The molecule has 3 heteroatoms. The van der Waals surface area contributed by atoms with Crippen LogP contribution in [0, 0.1) is 12.8 Å². The third-order valence-electron chi connectivity index (χ3n) is 5.83. The highest BCUT2D eigenvalue weighted by atomic mass is 15.4. The van der Waals surface area contributed by atoms with Crippen molar-refractivity contribution in [1.29, 1.82) is 0 Å². The van der Waals surface area contributed by atoms with Crippen molar-refractivity contribution in [3.8, 4) is 0 Å². The number of hydrogen-bond donors (Lipinski definition) is 2. The van der Waals surface area contributed by atoms with Crippen LogP contribution in [0.2, 0.25) is 0 Å². The van der Waals surface area contributed by atoms with Crippen LogP contribution in [0.1, 0.15) is 28.3 Å². The Kier molecular flexibility index (Phi) is 6.73. The normalized spacial score (nSPS) is 19.0. The summed E-state index contributed by atoms with van der Waals surface area (Å²) in [5.41, 5.74) is 12.4. The number of rotatable bonds is 8. The molecular formula is C26H31N3. The number of nitrogens with one attached hydrogen (secondary N) is 2. The summed E-state index contributed by atoms with van der Waals surface area (Å²) in [7, 11) is 0. The lowest BCUT2D eigenvalue weighted by atomic mass is 9.93. The molecule has 29 heavy (non-hydrogen) atoms. The van der Waals surface area contributed by atoms with Gasteiger partial charge < -0.3 is 0 Å². The molecule has 3 aromatic rings. The van der Waals surface area contributed by atoms with E-state index < -0.39 is 0 Å². The van der Waals surface area contributed by atoms with E-state index in [1.807, 2.05) is 0 Å². The third kappa shape index (κ3) is 5.54. The molecule has 0 radical (unpaired) electrons. The predicted octanol–water partition coefficient (Wildman–Crippen LogP) is 4.51. The lowest BCUT2D eigenvalue weighted by Crippen LogP contribution is -2.34. The molecule has 4 rings (SSSR count). The average molecular weight is 386 g/mol. The van der Waals surface area contributed by atoms with Crippen molar-refractivity contribution in [2.45, 2.75) is 25.9 Å². The van der Waals surface area contributed by atoms with E-state index in [1.165, 1.54) is 22.3 Å². The first-order valence-electron chi connectivity index (χ1n) is 10.6. The zero-order valence-corrected chi connectivity index (χ0v) is 17.2. The SMILES string of the molecule is Cc1ccc(C2NNCC2CN(CCc2ccccc2)Cc2ccccc2)cc1. The molecule has 0 aliphatic carbocycles. The molecule has 3 aromatic carbocycles. The van der Waals surface area contributed by atoms with Gasteiger partial charge in [-0.25, -0.2) is 5.43 Å². The Morgan fingerprint density at radius 1 is 0.828 bits per heavy atom. The van der Waals surface area contributed by atoms with Gasteiger partial charge in [0.05, 0.1) is 6.04 Å². The predicted molar refractivity (Wildman–Crippen MR) is 120 cm³/mol. The highest BCUT2D eigenvalue weighted by Gasteiger charge is 2.29. The minimum absolute atomic E-state index is 0.352. The van der Waals surface area contributed by atoms with Crippen molar-refractivity contribution >= 4 is 0 Å². The molecule has 0 amide bonds. The molecule has 150 valence electrons. The Morgan fingerprint density at radius 2 is 1.48 bits per heavy atom. The number of hydrogen-bond acceptors (Lipinski definition) is 3. The lowest BCUT2D eigenvalue weighted by molar-refractivity contribution is 0.220.